The van der Waals surface area contributed by atoms with Gasteiger partial charge in [-0.3, -0.25) is 9.69 Å². The zero-order chi connectivity index (χ0) is 22.4. The van der Waals surface area contributed by atoms with Crippen molar-refractivity contribution in [1.29, 1.82) is 0 Å². The van der Waals surface area contributed by atoms with Crippen LogP contribution in [0.25, 0.3) is 11.1 Å². The number of methoxy groups -OCH3 is 1. The average molecular weight is 424 g/mol. The van der Waals surface area contributed by atoms with Crippen molar-refractivity contribution in [1.82, 2.24) is 4.90 Å². The Morgan fingerprint density at radius 1 is 1.06 bits per heavy atom. The lowest BCUT2D eigenvalue weighted by atomic mass is 9.98. The first kappa shape index (κ1) is 22.7. The number of para-hydroxylation sites is 1. The molecule has 1 fully saturated rings. The van der Waals surface area contributed by atoms with Gasteiger partial charge in [0.15, 0.2) is 5.78 Å². The van der Waals surface area contributed by atoms with Crippen LogP contribution >= 0.6 is 0 Å². The van der Waals surface area contributed by atoms with Crippen molar-refractivity contribution in [3.8, 4) is 16.9 Å². The third-order valence-corrected chi connectivity index (χ3v) is 5.47. The van der Waals surface area contributed by atoms with Crippen molar-refractivity contribution in [3.63, 3.8) is 0 Å². The molecule has 1 aliphatic heterocycles. The SMILES string of the molecule is CC(=O)c1cc(-c2ccccc2)cc(C)c1F.COc1ccccc1CN1CC(C)C1.[HH].[HH]. The number of likely N-dealkylation sites (tertiary alicyclic amines) is 1. The number of halogens is 1. The minimum atomic E-state index is -0.419. The zero-order valence-corrected chi connectivity index (χ0v) is 18.7. The number of carbonyl (C=O) groups is 1. The molecule has 31 heavy (non-hydrogen) atoms. The van der Waals surface area contributed by atoms with Crippen LogP contribution in [0, 0.1) is 18.7 Å². The van der Waals surface area contributed by atoms with Crippen LogP contribution in [-0.4, -0.2) is 30.9 Å². The highest BCUT2D eigenvalue weighted by Crippen LogP contribution is 2.25. The van der Waals surface area contributed by atoms with Crippen molar-refractivity contribution < 1.29 is 16.8 Å². The molecule has 4 heteroatoms. The first-order chi connectivity index (χ1) is 14.9. The van der Waals surface area contributed by atoms with Crippen molar-refractivity contribution in [2.75, 3.05) is 20.2 Å². The summed E-state index contributed by atoms with van der Waals surface area (Å²) < 4.78 is 19.0. The largest absolute Gasteiger partial charge is 0.496 e. The van der Waals surface area contributed by atoms with Gasteiger partial charge in [0.2, 0.25) is 0 Å². The number of Topliss-reactive ketones (excluding diaryl/α,β-unsaturated/α-hetero) is 1. The molecule has 0 atom stereocenters. The summed E-state index contributed by atoms with van der Waals surface area (Å²) in [5.41, 5.74) is 3.80. The maximum Gasteiger partial charge on any atom is 0.162 e. The quantitative estimate of drug-likeness (QED) is 0.431. The topological polar surface area (TPSA) is 29.5 Å². The van der Waals surface area contributed by atoms with E-state index >= 15 is 0 Å². The van der Waals surface area contributed by atoms with Crippen molar-refractivity contribution >= 4 is 5.78 Å². The molecule has 0 aromatic heterocycles. The van der Waals surface area contributed by atoms with Gasteiger partial charge in [0.05, 0.1) is 12.7 Å². The number of carbonyl (C=O) groups excluding carboxylic acids is 1. The highest BCUT2D eigenvalue weighted by atomic mass is 19.1. The minimum Gasteiger partial charge on any atom is -0.496 e. The summed E-state index contributed by atoms with van der Waals surface area (Å²) in [7, 11) is 1.73. The summed E-state index contributed by atoms with van der Waals surface area (Å²) in [6.45, 7) is 8.81. The van der Waals surface area contributed by atoms with Crippen molar-refractivity contribution in [2.45, 2.75) is 27.3 Å². The average Bonchev–Trinajstić information content (AvgIpc) is 2.75. The van der Waals surface area contributed by atoms with Gasteiger partial charge in [0.25, 0.3) is 0 Å². The molecule has 0 saturated carbocycles. The fourth-order valence-corrected chi connectivity index (χ4v) is 3.85. The molecule has 0 bridgehead atoms. The second-order valence-electron chi connectivity index (χ2n) is 8.19. The molecular formula is C27H34FNO2. The monoisotopic (exact) mass is 423 g/mol. The van der Waals surface area contributed by atoms with Crippen LogP contribution in [-0.2, 0) is 6.54 Å². The molecule has 4 rings (SSSR count). The van der Waals surface area contributed by atoms with Gasteiger partial charge in [0, 0.05) is 28.1 Å². The number of hydrogen-bond donors (Lipinski definition) is 0. The van der Waals surface area contributed by atoms with Crippen LogP contribution in [0.1, 0.15) is 38.2 Å². The predicted molar refractivity (Wildman–Crippen MR) is 128 cm³/mol. The fourth-order valence-electron chi connectivity index (χ4n) is 3.85. The van der Waals surface area contributed by atoms with E-state index in [-0.39, 0.29) is 14.2 Å². The summed E-state index contributed by atoms with van der Waals surface area (Å²) >= 11 is 0. The molecule has 3 aromatic rings. The summed E-state index contributed by atoms with van der Waals surface area (Å²) in [6, 6.07) is 21.3. The molecule has 0 N–H and O–H groups in total. The Bertz CT molecular complexity index is 1040. The van der Waals surface area contributed by atoms with Gasteiger partial charge in [-0.05, 0) is 54.7 Å². The van der Waals surface area contributed by atoms with Gasteiger partial charge >= 0.3 is 0 Å². The number of benzene rings is 3. The molecule has 1 aliphatic rings. The van der Waals surface area contributed by atoms with Crippen molar-refractivity contribution in [2.24, 2.45) is 5.92 Å². The maximum absolute atomic E-state index is 13.7. The van der Waals surface area contributed by atoms with Gasteiger partial charge in [-0.1, -0.05) is 55.5 Å². The number of aryl methyl sites for hydroxylation is 1. The second-order valence-corrected chi connectivity index (χ2v) is 8.19. The third kappa shape index (κ3) is 5.80. The second kappa shape index (κ2) is 10.4. The van der Waals surface area contributed by atoms with Crippen molar-refractivity contribution in [3.05, 3.63) is 89.2 Å². The molecule has 166 valence electrons. The number of rotatable bonds is 5. The van der Waals surface area contributed by atoms with Crippen LogP contribution in [0.4, 0.5) is 4.39 Å². The van der Waals surface area contributed by atoms with E-state index in [1.165, 1.54) is 25.6 Å². The lowest BCUT2D eigenvalue weighted by molar-refractivity contribution is 0.101. The van der Waals surface area contributed by atoms with E-state index in [1.807, 2.05) is 42.5 Å². The zero-order valence-electron chi connectivity index (χ0n) is 18.7. The first-order valence-corrected chi connectivity index (χ1v) is 10.6. The van der Waals surface area contributed by atoms with Crippen LogP contribution in [0.15, 0.2) is 66.7 Å². The Balaban J connectivity index is 0.000000316. The van der Waals surface area contributed by atoms with Crippen LogP contribution in [0.2, 0.25) is 0 Å². The summed E-state index contributed by atoms with van der Waals surface area (Å²) in [5, 5.41) is 0. The molecular weight excluding hydrogens is 389 g/mol. The summed E-state index contributed by atoms with van der Waals surface area (Å²) in [6.07, 6.45) is 0. The van der Waals surface area contributed by atoms with Gasteiger partial charge in [0.1, 0.15) is 11.6 Å². The minimum absolute atomic E-state index is 0. The fraction of sp³-hybridized carbons (Fsp3) is 0.296. The number of ketones is 1. The summed E-state index contributed by atoms with van der Waals surface area (Å²) in [4.78, 5) is 13.8. The Morgan fingerprint density at radius 2 is 1.71 bits per heavy atom. The highest BCUT2D eigenvalue weighted by molar-refractivity contribution is 5.96. The lowest BCUT2D eigenvalue weighted by Gasteiger charge is -2.37. The van der Waals surface area contributed by atoms with E-state index in [1.54, 1.807) is 26.2 Å². The Hall–Kier alpha value is -2.98. The standard InChI is InChI=1S/C15H13FO.C12H17NO.2H2/c1-10-8-13(12-6-4-3-5-7-12)9-14(11(2)17)15(10)16;1-10-7-13(8-10)9-11-5-3-4-6-12(11)14-2;;/h3-9H,1-2H3;3-6,10H,7-9H2,1-2H3;2*1H. The normalized spacial score (nSPS) is 13.7. The van der Waals surface area contributed by atoms with E-state index in [2.05, 4.69) is 24.0 Å². The molecule has 0 unspecified atom stereocenters. The lowest BCUT2D eigenvalue weighted by Crippen LogP contribution is -2.44. The first-order valence-electron chi connectivity index (χ1n) is 10.6. The molecule has 0 aliphatic carbocycles. The molecule has 3 nitrogen and oxygen atoms in total. The van der Waals surface area contributed by atoms with Gasteiger partial charge in [-0.15, -0.1) is 0 Å². The number of hydrogen-bond acceptors (Lipinski definition) is 3. The number of ether oxygens (including phenoxy) is 1. The van der Waals surface area contributed by atoms with Gasteiger partial charge in [-0.25, -0.2) is 4.39 Å². The van der Waals surface area contributed by atoms with Gasteiger partial charge < -0.3 is 4.74 Å². The van der Waals surface area contributed by atoms with Crippen LogP contribution in [0.5, 0.6) is 5.75 Å². The number of nitrogens with zero attached hydrogens (tertiary/aromatic N) is 1. The molecule has 1 saturated heterocycles. The Morgan fingerprint density at radius 3 is 2.32 bits per heavy atom. The summed E-state index contributed by atoms with van der Waals surface area (Å²) in [5.74, 6) is 1.21. The molecule has 0 amide bonds. The van der Waals surface area contributed by atoms with E-state index in [0.29, 0.717) is 5.56 Å². The molecule has 0 spiro atoms. The van der Waals surface area contributed by atoms with E-state index in [4.69, 9.17) is 4.74 Å². The van der Waals surface area contributed by atoms with Gasteiger partial charge in [-0.2, -0.15) is 0 Å². The maximum atomic E-state index is 13.7. The van der Waals surface area contributed by atoms with E-state index in [0.717, 1.165) is 29.3 Å². The Labute approximate surface area is 187 Å². The highest BCUT2D eigenvalue weighted by Gasteiger charge is 2.22. The molecule has 1 heterocycles. The van der Waals surface area contributed by atoms with Crippen LogP contribution < -0.4 is 4.74 Å². The molecule has 3 aromatic carbocycles. The van der Waals surface area contributed by atoms with E-state index in [9.17, 15) is 9.18 Å². The molecule has 0 radical (unpaired) electrons. The Kier molecular flexibility index (Phi) is 7.59. The van der Waals surface area contributed by atoms with E-state index < -0.39 is 5.82 Å². The predicted octanol–water partition coefficient (Wildman–Crippen LogP) is 6.64. The third-order valence-electron chi connectivity index (χ3n) is 5.47. The smallest absolute Gasteiger partial charge is 0.162 e. The van der Waals surface area contributed by atoms with Crippen LogP contribution in [0.3, 0.4) is 0 Å².